The SMILES string of the molecule is CCOC(=O)N1CCC(NC(=O)c2cccc(N3CCCCS3(=O)=O)c2)CC1. The van der Waals surface area contributed by atoms with E-state index in [0.717, 1.165) is 6.42 Å². The van der Waals surface area contributed by atoms with Crippen molar-refractivity contribution in [3.05, 3.63) is 29.8 Å². The van der Waals surface area contributed by atoms with E-state index in [-0.39, 0.29) is 23.8 Å². The number of carbonyl (C=O) groups is 2. The molecule has 3 rings (SSSR count). The van der Waals surface area contributed by atoms with E-state index in [2.05, 4.69) is 5.32 Å². The lowest BCUT2D eigenvalue weighted by Gasteiger charge is -2.31. The number of amides is 2. The maximum Gasteiger partial charge on any atom is 0.409 e. The van der Waals surface area contributed by atoms with Crippen molar-refractivity contribution in [2.45, 2.75) is 38.6 Å². The Kier molecular flexibility index (Phi) is 6.43. The molecule has 2 amide bonds. The largest absolute Gasteiger partial charge is 0.450 e. The maximum absolute atomic E-state index is 12.6. The Labute approximate surface area is 165 Å². The first kappa shape index (κ1) is 20.4. The number of sulfonamides is 1. The van der Waals surface area contributed by atoms with Crippen LogP contribution in [0.2, 0.25) is 0 Å². The van der Waals surface area contributed by atoms with Crippen molar-refractivity contribution in [3.63, 3.8) is 0 Å². The van der Waals surface area contributed by atoms with Gasteiger partial charge in [0.05, 0.1) is 18.0 Å². The van der Waals surface area contributed by atoms with Gasteiger partial charge in [0, 0.05) is 31.2 Å². The monoisotopic (exact) mass is 409 g/mol. The molecule has 2 saturated heterocycles. The lowest BCUT2D eigenvalue weighted by molar-refractivity contribution is 0.0860. The van der Waals surface area contributed by atoms with E-state index in [4.69, 9.17) is 4.74 Å². The Morgan fingerprint density at radius 3 is 2.61 bits per heavy atom. The van der Waals surface area contributed by atoms with Crippen molar-refractivity contribution in [3.8, 4) is 0 Å². The zero-order chi connectivity index (χ0) is 20.1. The maximum atomic E-state index is 12.6. The Hall–Kier alpha value is -2.29. The average Bonchev–Trinajstić information content (AvgIpc) is 2.68. The predicted molar refractivity (Wildman–Crippen MR) is 106 cm³/mol. The second kappa shape index (κ2) is 8.81. The molecule has 0 spiro atoms. The molecule has 0 bridgehead atoms. The van der Waals surface area contributed by atoms with Gasteiger partial charge in [-0.3, -0.25) is 9.10 Å². The van der Waals surface area contributed by atoms with Crippen molar-refractivity contribution < 1.29 is 22.7 Å². The molecule has 0 aromatic heterocycles. The Morgan fingerprint density at radius 1 is 1.18 bits per heavy atom. The molecule has 9 heteroatoms. The van der Waals surface area contributed by atoms with Crippen LogP contribution in [0.5, 0.6) is 0 Å². The summed E-state index contributed by atoms with van der Waals surface area (Å²) >= 11 is 0. The van der Waals surface area contributed by atoms with Crippen LogP contribution < -0.4 is 9.62 Å². The standard InChI is InChI=1S/C19H27N3O5S/c1-2-27-19(24)21-11-8-16(9-12-21)20-18(23)15-6-5-7-17(14-15)22-10-3-4-13-28(22,25)26/h5-7,14,16H,2-4,8-13H2,1H3,(H,20,23). The van der Waals surface area contributed by atoms with Crippen LogP contribution in [0.4, 0.5) is 10.5 Å². The van der Waals surface area contributed by atoms with Gasteiger partial charge in [-0.15, -0.1) is 0 Å². The summed E-state index contributed by atoms with van der Waals surface area (Å²) in [5.74, 6) is -0.0894. The Morgan fingerprint density at radius 2 is 1.93 bits per heavy atom. The number of piperidine rings is 1. The zero-order valence-corrected chi connectivity index (χ0v) is 16.9. The first-order chi connectivity index (χ1) is 13.4. The third-order valence-electron chi connectivity index (χ3n) is 5.10. The first-order valence-corrected chi connectivity index (χ1v) is 11.3. The quantitative estimate of drug-likeness (QED) is 0.820. The highest BCUT2D eigenvalue weighted by molar-refractivity contribution is 7.92. The number of benzene rings is 1. The van der Waals surface area contributed by atoms with Gasteiger partial charge < -0.3 is 15.0 Å². The zero-order valence-electron chi connectivity index (χ0n) is 16.1. The van der Waals surface area contributed by atoms with Crippen LogP contribution in [-0.2, 0) is 14.8 Å². The molecule has 0 radical (unpaired) electrons. The van der Waals surface area contributed by atoms with E-state index in [1.807, 2.05) is 0 Å². The van der Waals surface area contributed by atoms with E-state index < -0.39 is 10.0 Å². The summed E-state index contributed by atoms with van der Waals surface area (Å²) in [6.07, 6.45) is 2.48. The number of carbonyl (C=O) groups excluding carboxylic acids is 2. The molecular formula is C19H27N3O5S. The summed E-state index contributed by atoms with van der Waals surface area (Å²) in [5.41, 5.74) is 0.968. The lowest BCUT2D eigenvalue weighted by Crippen LogP contribution is -2.46. The second-order valence-electron chi connectivity index (χ2n) is 7.08. The number of ether oxygens (including phenoxy) is 1. The van der Waals surface area contributed by atoms with Crippen molar-refractivity contribution in [2.24, 2.45) is 0 Å². The number of rotatable bonds is 4. The Balaban J connectivity index is 1.61. The molecule has 2 aliphatic heterocycles. The molecule has 1 aromatic carbocycles. The van der Waals surface area contributed by atoms with E-state index in [0.29, 0.717) is 56.8 Å². The van der Waals surface area contributed by atoms with Gasteiger partial charge in [-0.25, -0.2) is 13.2 Å². The minimum atomic E-state index is -3.31. The van der Waals surface area contributed by atoms with Gasteiger partial charge in [0.15, 0.2) is 0 Å². The summed E-state index contributed by atoms with van der Waals surface area (Å²) in [7, 11) is -3.31. The van der Waals surface area contributed by atoms with Gasteiger partial charge in [0.2, 0.25) is 10.0 Å². The number of hydrogen-bond donors (Lipinski definition) is 1. The first-order valence-electron chi connectivity index (χ1n) is 9.74. The van der Waals surface area contributed by atoms with Gasteiger partial charge in [0.1, 0.15) is 0 Å². The lowest BCUT2D eigenvalue weighted by atomic mass is 10.0. The van der Waals surface area contributed by atoms with Crippen molar-refractivity contribution in [1.29, 1.82) is 0 Å². The smallest absolute Gasteiger partial charge is 0.409 e. The highest BCUT2D eigenvalue weighted by atomic mass is 32.2. The number of nitrogens with zero attached hydrogens (tertiary/aromatic N) is 2. The number of nitrogens with one attached hydrogen (secondary N) is 1. The summed E-state index contributed by atoms with van der Waals surface area (Å²) in [6, 6.07) is 6.71. The van der Waals surface area contributed by atoms with E-state index in [1.165, 1.54) is 4.31 Å². The van der Waals surface area contributed by atoms with Crippen LogP contribution in [0.25, 0.3) is 0 Å². The van der Waals surface area contributed by atoms with Crippen LogP contribution >= 0.6 is 0 Å². The van der Waals surface area contributed by atoms with Gasteiger partial charge in [-0.1, -0.05) is 6.07 Å². The van der Waals surface area contributed by atoms with E-state index in [9.17, 15) is 18.0 Å². The molecule has 1 N–H and O–H groups in total. The summed E-state index contributed by atoms with van der Waals surface area (Å²) in [4.78, 5) is 26.0. The second-order valence-corrected chi connectivity index (χ2v) is 9.09. The Bertz CT molecular complexity index is 819. The highest BCUT2D eigenvalue weighted by Gasteiger charge is 2.27. The van der Waals surface area contributed by atoms with Crippen molar-refractivity contribution >= 4 is 27.7 Å². The fraction of sp³-hybridized carbons (Fsp3) is 0.579. The van der Waals surface area contributed by atoms with Crippen LogP contribution in [0.3, 0.4) is 0 Å². The molecule has 0 aliphatic carbocycles. The van der Waals surface area contributed by atoms with Gasteiger partial charge in [0.25, 0.3) is 5.91 Å². The molecule has 2 fully saturated rings. The van der Waals surface area contributed by atoms with Gasteiger partial charge >= 0.3 is 6.09 Å². The third-order valence-corrected chi connectivity index (χ3v) is 6.97. The normalized spacial score (nSPS) is 19.9. The van der Waals surface area contributed by atoms with Gasteiger partial charge in [-0.2, -0.15) is 0 Å². The highest BCUT2D eigenvalue weighted by Crippen LogP contribution is 2.24. The molecule has 28 heavy (non-hydrogen) atoms. The van der Waals surface area contributed by atoms with Gasteiger partial charge in [-0.05, 0) is 50.8 Å². The molecule has 154 valence electrons. The molecule has 8 nitrogen and oxygen atoms in total. The number of hydrogen-bond acceptors (Lipinski definition) is 5. The van der Waals surface area contributed by atoms with Crippen LogP contribution in [-0.4, -0.2) is 63.4 Å². The van der Waals surface area contributed by atoms with E-state index >= 15 is 0 Å². The van der Waals surface area contributed by atoms with Crippen molar-refractivity contribution in [1.82, 2.24) is 10.2 Å². The molecule has 1 aromatic rings. The summed E-state index contributed by atoms with van der Waals surface area (Å²) < 4.78 is 31.0. The van der Waals surface area contributed by atoms with Crippen molar-refractivity contribution in [2.75, 3.05) is 36.3 Å². The summed E-state index contributed by atoms with van der Waals surface area (Å²) in [5, 5.41) is 2.99. The number of anilines is 1. The fourth-order valence-corrected chi connectivity index (χ4v) is 5.20. The minimum absolute atomic E-state index is 0.0273. The minimum Gasteiger partial charge on any atom is -0.450 e. The molecule has 2 aliphatic rings. The molecule has 2 heterocycles. The van der Waals surface area contributed by atoms with Crippen LogP contribution in [0.15, 0.2) is 24.3 Å². The van der Waals surface area contributed by atoms with Crippen LogP contribution in [0.1, 0.15) is 43.0 Å². The summed E-state index contributed by atoms with van der Waals surface area (Å²) in [6.45, 7) is 3.64. The third kappa shape index (κ3) is 4.76. The topological polar surface area (TPSA) is 96.0 Å². The number of likely N-dealkylation sites (tertiary alicyclic amines) is 1. The fourth-order valence-electron chi connectivity index (χ4n) is 3.57. The average molecular weight is 410 g/mol. The molecule has 0 atom stereocenters. The molecule has 0 saturated carbocycles. The predicted octanol–water partition coefficient (Wildman–Crippen LogP) is 1.97. The molecule has 0 unspecified atom stereocenters. The van der Waals surface area contributed by atoms with E-state index in [1.54, 1.807) is 36.1 Å². The molecular weight excluding hydrogens is 382 g/mol. The van der Waals surface area contributed by atoms with Crippen LogP contribution in [0, 0.1) is 0 Å².